The number of aromatic amines is 1. The fourth-order valence-corrected chi connectivity index (χ4v) is 2.50. The van der Waals surface area contributed by atoms with Crippen molar-refractivity contribution in [2.75, 3.05) is 13.7 Å². The van der Waals surface area contributed by atoms with Crippen LogP contribution in [0.5, 0.6) is 0 Å². The maximum atomic E-state index is 13.5. The molecule has 0 spiro atoms. The van der Waals surface area contributed by atoms with Crippen LogP contribution in [0.4, 0.5) is 4.39 Å². The van der Waals surface area contributed by atoms with Crippen LogP contribution in [0, 0.1) is 5.82 Å². The predicted octanol–water partition coefficient (Wildman–Crippen LogP) is -0.917. The van der Waals surface area contributed by atoms with Gasteiger partial charge in [0.05, 0.1) is 6.20 Å². The molecule has 2 rings (SSSR count). The van der Waals surface area contributed by atoms with Crippen LogP contribution in [0.15, 0.2) is 15.8 Å². The van der Waals surface area contributed by atoms with Crippen LogP contribution in [0.1, 0.15) is 20.1 Å². The molecule has 1 fully saturated rings. The van der Waals surface area contributed by atoms with Gasteiger partial charge in [-0.15, -0.1) is 0 Å². The minimum Gasteiger partial charge on any atom is -0.463 e. The van der Waals surface area contributed by atoms with E-state index in [2.05, 4.69) is 0 Å². The molecule has 0 aromatic carbocycles. The molecule has 2 heterocycles. The maximum absolute atomic E-state index is 13.5. The van der Waals surface area contributed by atoms with Crippen molar-refractivity contribution >= 4 is 11.9 Å². The average molecular weight is 360 g/mol. The topological polar surface area (TPSA) is 126 Å². The number of carbonyl (C=O) groups excluding carboxylic acids is 2. The molecule has 0 saturated carbocycles. The van der Waals surface area contributed by atoms with Gasteiger partial charge in [0.15, 0.2) is 12.3 Å². The van der Waals surface area contributed by atoms with Crippen molar-refractivity contribution in [3.05, 3.63) is 32.9 Å². The van der Waals surface area contributed by atoms with Crippen molar-refractivity contribution in [3.8, 4) is 0 Å². The summed E-state index contributed by atoms with van der Waals surface area (Å²) in [5.41, 5.74) is -2.12. The Labute approximate surface area is 140 Å². The Kier molecular flexibility index (Phi) is 5.69. The third-order valence-corrected chi connectivity index (χ3v) is 3.51. The van der Waals surface area contributed by atoms with Gasteiger partial charge < -0.3 is 18.9 Å². The molecule has 11 heteroatoms. The molecule has 1 N–H and O–H groups in total. The zero-order chi connectivity index (χ0) is 18.7. The molecule has 1 aliphatic rings. The number of carbonyl (C=O) groups is 2. The van der Waals surface area contributed by atoms with Gasteiger partial charge in [0.1, 0.15) is 18.8 Å². The number of aromatic nitrogens is 2. The third kappa shape index (κ3) is 4.12. The second-order valence-electron chi connectivity index (χ2n) is 5.29. The normalized spacial score (nSPS) is 25.6. The number of halogens is 1. The molecule has 0 radical (unpaired) electrons. The molecule has 0 amide bonds. The van der Waals surface area contributed by atoms with Crippen LogP contribution >= 0.6 is 0 Å². The van der Waals surface area contributed by atoms with Gasteiger partial charge in [0.25, 0.3) is 5.56 Å². The minimum atomic E-state index is -1.21. The van der Waals surface area contributed by atoms with Crippen molar-refractivity contribution in [3.63, 3.8) is 0 Å². The number of rotatable bonds is 5. The van der Waals surface area contributed by atoms with E-state index < -0.39 is 53.5 Å². The van der Waals surface area contributed by atoms with E-state index in [0.717, 1.165) is 11.5 Å². The monoisotopic (exact) mass is 360 g/mol. The molecule has 138 valence electrons. The van der Waals surface area contributed by atoms with Gasteiger partial charge in [0, 0.05) is 21.0 Å². The van der Waals surface area contributed by atoms with Crippen LogP contribution in [-0.2, 0) is 28.5 Å². The number of nitrogens with one attached hydrogen (secondary N) is 1. The van der Waals surface area contributed by atoms with Gasteiger partial charge in [-0.2, -0.15) is 4.39 Å². The number of hydrogen-bond acceptors (Lipinski definition) is 8. The summed E-state index contributed by atoms with van der Waals surface area (Å²) in [4.78, 5) is 47.3. The predicted molar refractivity (Wildman–Crippen MR) is 78.2 cm³/mol. The average Bonchev–Trinajstić information content (AvgIpc) is 2.85. The van der Waals surface area contributed by atoms with E-state index >= 15 is 0 Å². The Morgan fingerprint density at radius 2 is 1.96 bits per heavy atom. The van der Waals surface area contributed by atoms with Crippen molar-refractivity contribution < 1.29 is 32.9 Å². The molecule has 10 nitrogen and oxygen atoms in total. The molecule has 1 aromatic rings. The molecular formula is C14H17FN2O8. The lowest BCUT2D eigenvalue weighted by Crippen LogP contribution is -2.41. The second kappa shape index (κ2) is 7.57. The van der Waals surface area contributed by atoms with Crippen LogP contribution < -0.4 is 11.2 Å². The molecular weight excluding hydrogens is 343 g/mol. The highest BCUT2D eigenvalue weighted by atomic mass is 19.1. The van der Waals surface area contributed by atoms with Gasteiger partial charge in [-0.25, -0.2) is 4.79 Å². The SMILES string of the molecule is COC1C(OC(C)=O)C(COC(C)=O)OC1n1cc(F)c(=O)[nH]c1=O. The number of methoxy groups -OCH3 is 1. The summed E-state index contributed by atoms with van der Waals surface area (Å²) < 4.78 is 35.1. The van der Waals surface area contributed by atoms with Crippen LogP contribution in [0.3, 0.4) is 0 Å². The van der Waals surface area contributed by atoms with Crippen molar-refractivity contribution in [1.82, 2.24) is 9.55 Å². The highest BCUT2D eigenvalue weighted by Gasteiger charge is 2.49. The third-order valence-electron chi connectivity index (χ3n) is 3.51. The van der Waals surface area contributed by atoms with Crippen molar-refractivity contribution in [2.45, 2.75) is 38.4 Å². The number of nitrogens with zero attached hydrogens (tertiary/aromatic N) is 1. The molecule has 1 saturated heterocycles. The van der Waals surface area contributed by atoms with E-state index in [1.54, 1.807) is 4.98 Å². The van der Waals surface area contributed by atoms with Crippen LogP contribution in [0.25, 0.3) is 0 Å². The zero-order valence-corrected chi connectivity index (χ0v) is 13.7. The van der Waals surface area contributed by atoms with Gasteiger partial charge in [-0.3, -0.25) is 23.9 Å². The first-order valence-electron chi connectivity index (χ1n) is 7.24. The first-order chi connectivity index (χ1) is 11.7. The lowest BCUT2D eigenvalue weighted by Gasteiger charge is -2.22. The van der Waals surface area contributed by atoms with E-state index in [0.29, 0.717) is 6.20 Å². The maximum Gasteiger partial charge on any atom is 0.330 e. The van der Waals surface area contributed by atoms with Crippen molar-refractivity contribution in [2.24, 2.45) is 0 Å². The van der Waals surface area contributed by atoms with Crippen LogP contribution in [0.2, 0.25) is 0 Å². The Balaban J connectivity index is 2.39. The van der Waals surface area contributed by atoms with Gasteiger partial charge in [0.2, 0.25) is 5.82 Å². The minimum absolute atomic E-state index is 0.274. The van der Waals surface area contributed by atoms with E-state index in [1.165, 1.54) is 14.0 Å². The standard InChI is InChI=1S/C14H17FN2O8/c1-6(18)23-5-9-10(24-7(2)19)11(22-3)13(25-9)17-4-8(15)12(20)16-14(17)21/h4,9-11,13H,5H2,1-3H3,(H,16,20,21). The van der Waals surface area contributed by atoms with Gasteiger partial charge >= 0.3 is 17.6 Å². The first kappa shape index (κ1) is 18.8. The Morgan fingerprint density at radius 3 is 2.52 bits per heavy atom. The molecule has 1 aromatic heterocycles. The first-order valence-corrected chi connectivity index (χ1v) is 7.24. The summed E-state index contributed by atoms with van der Waals surface area (Å²) >= 11 is 0. The Morgan fingerprint density at radius 1 is 1.28 bits per heavy atom. The van der Waals surface area contributed by atoms with E-state index in [9.17, 15) is 23.6 Å². The molecule has 0 aliphatic carbocycles. The lowest BCUT2D eigenvalue weighted by molar-refractivity contribution is -0.157. The largest absolute Gasteiger partial charge is 0.463 e. The second-order valence-corrected chi connectivity index (χ2v) is 5.29. The van der Waals surface area contributed by atoms with Crippen molar-refractivity contribution in [1.29, 1.82) is 0 Å². The molecule has 25 heavy (non-hydrogen) atoms. The quantitative estimate of drug-likeness (QED) is 0.669. The highest BCUT2D eigenvalue weighted by molar-refractivity contribution is 5.66. The van der Waals surface area contributed by atoms with Crippen LogP contribution in [-0.4, -0.2) is 53.5 Å². The summed E-state index contributed by atoms with van der Waals surface area (Å²) in [6, 6.07) is 0. The van der Waals surface area contributed by atoms with Gasteiger partial charge in [-0.1, -0.05) is 0 Å². The highest BCUT2D eigenvalue weighted by Crippen LogP contribution is 2.33. The number of esters is 2. The summed E-state index contributed by atoms with van der Waals surface area (Å²) in [5, 5.41) is 0. The fraction of sp³-hybridized carbons (Fsp3) is 0.571. The smallest absolute Gasteiger partial charge is 0.330 e. The fourth-order valence-electron chi connectivity index (χ4n) is 2.50. The summed E-state index contributed by atoms with van der Waals surface area (Å²) in [5.74, 6) is -2.44. The Bertz CT molecular complexity index is 773. The van der Waals surface area contributed by atoms with E-state index in [1.807, 2.05) is 0 Å². The zero-order valence-electron chi connectivity index (χ0n) is 13.7. The summed E-state index contributed by atoms with van der Waals surface area (Å²) in [6.07, 6.45) is -3.53. The summed E-state index contributed by atoms with van der Waals surface area (Å²) in [7, 11) is 1.28. The van der Waals surface area contributed by atoms with E-state index in [-0.39, 0.29) is 6.61 Å². The van der Waals surface area contributed by atoms with Gasteiger partial charge in [-0.05, 0) is 0 Å². The lowest BCUT2D eigenvalue weighted by atomic mass is 10.1. The van der Waals surface area contributed by atoms with E-state index in [4.69, 9.17) is 18.9 Å². The molecule has 4 atom stereocenters. The number of H-pyrrole nitrogens is 1. The number of hydrogen-bond donors (Lipinski definition) is 1. The number of ether oxygens (including phenoxy) is 4. The molecule has 4 unspecified atom stereocenters. The molecule has 1 aliphatic heterocycles. The molecule has 0 bridgehead atoms. The summed E-state index contributed by atoms with van der Waals surface area (Å²) in [6.45, 7) is 2.07. The Hall–Kier alpha value is -2.53.